The number of hydrogen-bond acceptors (Lipinski definition) is 1. The highest BCUT2D eigenvalue weighted by molar-refractivity contribution is 6.44. The molecule has 0 saturated heterocycles. The molecule has 0 aliphatic carbocycles. The third-order valence-electron chi connectivity index (χ3n) is 2.77. The number of amides is 1. The van der Waals surface area contributed by atoms with Gasteiger partial charge in [-0.05, 0) is 30.7 Å². The second-order valence-corrected chi connectivity index (χ2v) is 5.70. The summed E-state index contributed by atoms with van der Waals surface area (Å²) in [4.78, 5) is 11.9. The van der Waals surface area contributed by atoms with Crippen LogP contribution in [0.3, 0.4) is 0 Å². The van der Waals surface area contributed by atoms with Crippen LogP contribution in [0.2, 0.25) is 15.1 Å². The van der Waals surface area contributed by atoms with Gasteiger partial charge in [0.2, 0.25) is 5.91 Å². The Morgan fingerprint density at radius 3 is 2.29 bits per heavy atom. The molecule has 0 aliphatic heterocycles. The number of rotatable bonds is 3. The molecule has 21 heavy (non-hydrogen) atoms. The number of nitrogens with one attached hydrogen (secondary N) is 1. The molecule has 108 valence electrons. The van der Waals surface area contributed by atoms with Gasteiger partial charge in [0.25, 0.3) is 0 Å². The monoisotopic (exact) mass is 339 g/mol. The van der Waals surface area contributed by atoms with Crippen molar-refractivity contribution in [3.63, 3.8) is 0 Å². The molecule has 0 saturated carbocycles. The Morgan fingerprint density at radius 2 is 1.62 bits per heavy atom. The van der Waals surface area contributed by atoms with Crippen LogP contribution >= 0.6 is 34.8 Å². The summed E-state index contributed by atoms with van der Waals surface area (Å²) >= 11 is 17.7. The number of halogens is 3. The summed E-state index contributed by atoms with van der Waals surface area (Å²) in [7, 11) is 0. The minimum atomic E-state index is -0.295. The molecule has 0 aromatic heterocycles. The zero-order valence-corrected chi connectivity index (χ0v) is 13.4. The standard InChI is InChI=1S/C16H12Cl3NO/c1-10-2-4-11(5-3-10)6-7-16(21)20-15-9-13(18)12(17)8-14(15)19/h2-9H,1H3,(H,20,21)/b7-6+. The van der Waals surface area contributed by atoms with E-state index in [0.717, 1.165) is 5.56 Å². The van der Waals surface area contributed by atoms with Crippen molar-refractivity contribution in [1.82, 2.24) is 0 Å². The molecule has 1 N–H and O–H groups in total. The molecule has 0 atom stereocenters. The third-order valence-corrected chi connectivity index (χ3v) is 3.81. The first-order valence-corrected chi connectivity index (χ1v) is 7.29. The van der Waals surface area contributed by atoms with E-state index in [-0.39, 0.29) is 5.91 Å². The van der Waals surface area contributed by atoms with Gasteiger partial charge in [-0.25, -0.2) is 0 Å². The average molecular weight is 341 g/mol. The number of aryl methyl sites for hydroxylation is 1. The first kappa shape index (κ1) is 15.9. The maximum atomic E-state index is 11.9. The Balaban J connectivity index is 2.08. The van der Waals surface area contributed by atoms with Crippen LogP contribution in [0.5, 0.6) is 0 Å². The molecule has 0 bridgehead atoms. The molecular weight excluding hydrogens is 329 g/mol. The smallest absolute Gasteiger partial charge is 0.248 e. The van der Waals surface area contributed by atoms with Gasteiger partial charge in [-0.15, -0.1) is 0 Å². The van der Waals surface area contributed by atoms with Crippen LogP contribution in [-0.4, -0.2) is 5.91 Å². The van der Waals surface area contributed by atoms with Gasteiger partial charge in [0.05, 0.1) is 20.8 Å². The molecule has 2 nitrogen and oxygen atoms in total. The van der Waals surface area contributed by atoms with Crippen LogP contribution in [0.25, 0.3) is 6.08 Å². The Kier molecular flexibility index (Phi) is 5.29. The zero-order chi connectivity index (χ0) is 15.4. The highest BCUT2D eigenvalue weighted by Gasteiger charge is 2.07. The molecule has 0 fully saturated rings. The van der Waals surface area contributed by atoms with E-state index in [1.807, 2.05) is 31.2 Å². The van der Waals surface area contributed by atoms with Crippen molar-refractivity contribution in [2.24, 2.45) is 0 Å². The summed E-state index contributed by atoms with van der Waals surface area (Å²) in [5, 5.41) is 3.67. The lowest BCUT2D eigenvalue weighted by Gasteiger charge is -2.06. The molecule has 2 aromatic rings. The van der Waals surface area contributed by atoms with Gasteiger partial charge in [-0.3, -0.25) is 4.79 Å². The molecule has 2 aromatic carbocycles. The summed E-state index contributed by atoms with van der Waals surface area (Å²) in [5.74, 6) is -0.295. The molecule has 0 radical (unpaired) electrons. The third kappa shape index (κ3) is 4.50. The normalized spacial score (nSPS) is 10.9. The van der Waals surface area contributed by atoms with E-state index in [4.69, 9.17) is 34.8 Å². The highest BCUT2D eigenvalue weighted by Crippen LogP contribution is 2.32. The van der Waals surface area contributed by atoms with Crippen LogP contribution in [0.4, 0.5) is 5.69 Å². The number of carbonyl (C=O) groups excluding carboxylic acids is 1. The molecule has 0 unspecified atom stereocenters. The lowest BCUT2D eigenvalue weighted by atomic mass is 10.1. The van der Waals surface area contributed by atoms with E-state index < -0.39 is 0 Å². The average Bonchev–Trinajstić information content (AvgIpc) is 2.44. The lowest BCUT2D eigenvalue weighted by Crippen LogP contribution is -2.08. The van der Waals surface area contributed by atoms with E-state index in [2.05, 4.69) is 5.32 Å². The van der Waals surface area contributed by atoms with Gasteiger partial charge in [0.15, 0.2) is 0 Å². The van der Waals surface area contributed by atoms with E-state index in [0.29, 0.717) is 20.8 Å². The fourth-order valence-electron chi connectivity index (χ4n) is 1.64. The number of benzene rings is 2. The topological polar surface area (TPSA) is 29.1 Å². The summed E-state index contributed by atoms with van der Waals surface area (Å²) in [6.07, 6.45) is 3.16. The SMILES string of the molecule is Cc1ccc(/C=C/C(=O)Nc2cc(Cl)c(Cl)cc2Cl)cc1. The van der Waals surface area contributed by atoms with Crippen molar-refractivity contribution in [3.05, 3.63) is 68.7 Å². The summed E-state index contributed by atoms with van der Waals surface area (Å²) < 4.78 is 0. The lowest BCUT2D eigenvalue weighted by molar-refractivity contribution is -0.111. The van der Waals surface area contributed by atoms with Crippen LogP contribution in [0, 0.1) is 6.92 Å². The summed E-state index contributed by atoms with van der Waals surface area (Å²) in [5.41, 5.74) is 2.53. The number of anilines is 1. The van der Waals surface area contributed by atoms with E-state index >= 15 is 0 Å². The van der Waals surface area contributed by atoms with E-state index in [9.17, 15) is 4.79 Å². The summed E-state index contributed by atoms with van der Waals surface area (Å²) in [6, 6.07) is 10.8. The maximum absolute atomic E-state index is 11.9. The van der Waals surface area contributed by atoms with E-state index in [1.54, 1.807) is 6.08 Å². The molecule has 2 rings (SSSR count). The van der Waals surface area contributed by atoms with Crippen molar-refractivity contribution < 1.29 is 4.79 Å². The number of carbonyl (C=O) groups is 1. The van der Waals surface area contributed by atoms with Crippen molar-refractivity contribution in [2.75, 3.05) is 5.32 Å². The fourth-order valence-corrected chi connectivity index (χ4v) is 2.24. The van der Waals surface area contributed by atoms with Gasteiger partial charge >= 0.3 is 0 Å². The Labute approximate surface area is 138 Å². The zero-order valence-electron chi connectivity index (χ0n) is 11.2. The highest BCUT2D eigenvalue weighted by atomic mass is 35.5. The maximum Gasteiger partial charge on any atom is 0.248 e. The van der Waals surface area contributed by atoms with Gasteiger partial charge in [0, 0.05) is 6.08 Å². The van der Waals surface area contributed by atoms with Crippen LogP contribution in [-0.2, 0) is 4.79 Å². The summed E-state index contributed by atoms with van der Waals surface area (Å²) in [6.45, 7) is 2.01. The van der Waals surface area contributed by atoms with Crippen LogP contribution < -0.4 is 5.32 Å². The second kappa shape index (κ2) is 6.99. The van der Waals surface area contributed by atoms with Crippen LogP contribution in [0.1, 0.15) is 11.1 Å². The molecule has 0 aliphatic rings. The van der Waals surface area contributed by atoms with Crippen molar-refractivity contribution in [3.8, 4) is 0 Å². The minimum absolute atomic E-state index is 0.295. The van der Waals surface area contributed by atoms with Crippen molar-refractivity contribution in [2.45, 2.75) is 6.92 Å². The second-order valence-electron chi connectivity index (χ2n) is 4.48. The van der Waals surface area contributed by atoms with Gasteiger partial charge in [-0.2, -0.15) is 0 Å². The molecule has 0 heterocycles. The molecule has 5 heteroatoms. The first-order chi connectivity index (χ1) is 9.95. The largest absolute Gasteiger partial charge is 0.321 e. The first-order valence-electron chi connectivity index (χ1n) is 6.16. The quantitative estimate of drug-likeness (QED) is 0.571. The minimum Gasteiger partial charge on any atom is -0.321 e. The predicted molar refractivity (Wildman–Crippen MR) is 90.3 cm³/mol. The van der Waals surface area contributed by atoms with E-state index in [1.165, 1.54) is 23.8 Å². The number of hydrogen-bond donors (Lipinski definition) is 1. The van der Waals surface area contributed by atoms with Crippen LogP contribution in [0.15, 0.2) is 42.5 Å². The Morgan fingerprint density at radius 1 is 1.00 bits per heavy atom. The van der Waals surface area contributed by atoms with Crippen molar-refractivity contribution in [1.29, 1.82) is 0 Å². The molecule has 0 spiro atoms. The van der Waals surface area contributed by atoms with Gasteiger partial charge in [0.1, 0.15) is 0 Å². The predicted octanol–water partition coefficient (Wildman–Crippen LogP) is 5.61. The fraction of sp³-hybridized carbons (Fsp3) is 0.0625. The Bertz CT molecular complexity index is 693. The molecule has 1 amide bonds. The van der Waals surface area contributed by atoms with Gasteiger partial charge < -0.3 is 5.32 Å². The Hall–Kier alpha value is -1.48. The van der Waals surface area contributed by atoms with Crippen molar-refractivity contribution >= 4 is 52.5 Å². The molecular formula is C16H12Cl3NO. The van der Waals surface area contributed by atoms with Gasteiger partial charge in [-0.1, -0.05) is 64.6 Å².